The molecule has 0 bridgehead atoms. The summed E-state index contributed by atoms with van der Waals surface area (Å²) in [6.07, 6.45) is 1.80. The Balaban J connectivity index is 1.82. The van der Waals surface area contributed by atoms with Gasteiger partial charge in [0.05, 0.1) is 5.69 Å². The number of nitrogens with zero attached hydrogens (tertiary/aromatic N) is 2. The van der Waals surface area contributed by atoms with Crippen LogP contribution < -0.4 is 4.90 Å². The number of benzene rings is 2. The molecule has 0 aliphatic carbocycles. The number of thiophene rings is 1. The standard InChI is InChI=1S/C20H13BrN2O2S/c21-14-5-3-13(4-6-14)19-22-18(12-17-2-1-11-26-17)20(25)23(19)15-7-9-16(24)10-8-15/h1-12,24H/b18-12+. The highest BCUT2D eigenvalue weighted by atomic mass is 79.9. The van der Waals surface area contributed by atoms with Gasteiger partial charge in [0.25, 0.3) is 5.91 Å². The van der Waals surface area contributed by atoms with Gasteiger partial charge >= 0.3 is 0 Å². The Labute approximate surface area is 162 Å². The Morgan fingerprint density at radius 1 is 1.04 bits per heavy atom. The number of halogens is 1. The number of aliphatic imine (C=N–C) groups is 1. The largest absolute Gasteiger partial charge is 0.508 e. The van der Waals surface area contributed by atoms with E-state index < -0.39 is 0 Å². The van der Waals surface area contributed by atoms with Gasteiger partial charge in [-0.15, -0.1) is 11.3 Å². The van der Waals surface area contributed by atoms with Crippen LogP contribution in [0.4, 0.5) is 5.69 Å². The Morgan fingerprint density at radius 2 is 1.77 bits per heavy atom. The van der Waals surface area contributed by atoms with Crippen LogP contribution in [-0.4, -0.2) is 16.8 Å². The van der Waals surface area contributed by atoms with Crippen LogP contribution in [0.2, 0.25) is 0 Å². The summed E-state index contributed by atoms with van der Waals surface area (Å²) in [6.45, 7) is 0. The van der Waals surface area contributed by atoms with E-state index in [-0.39, 0.29) is 11.7 Å². The van der Waals surface area contributed by atoms with Crippen molar-refractivity contribution in [3.8, 4) is 5.75 Å². The minimum atomic E-state index is -0.193. The van der Waals surface area contributed by atoms with Gasteiger partial charge in [-0.1, -0.05) is 34.1 Å². The molecule has 3 aromatic rings. The molecule has 2 aromatic carbocycles. The summed E-state index contributed by atoms with van der Waals surface area (Å²) in [5, 5.41) is 11.5. The predicted molar refractivity (Wildman–Crippen MR) is 109 cm³/mol. The van der Waals surface area contributed by atoms with Gasteiger partial charge < -0.3 is 5.11 Å². The van der Waals surface area contributed by atoms with Gasteiger partial charge in [-0.05, 0) is 53.9 Å². The number of amides is 1. The molecule has 26 heavy (non-hydrogen) atoms. The Morgan fingerprint density at radius 3 is 2.42 bits per heavy atom. The molecule has 0 atom stereocenters. The number of amidine groups is 1. The highest BCUT2D eigenvalue weighted by Gasteiger charge is 2.32. The normalized spacial score (nSPS) is 15.6. The van der Waals surface area contributed by atoms with Crippen LogP contribution in [-0.2, 0) is 4.79 Å². The summed E-state index contributed by atoms with van der Waals surface area (Å²) in [5.41, 5.74) is 1.88. The topological polar surface area (TPSA) is 52.9 Å². The van der Waals surface area contributed by atoms with E-state index in [1.165, 1.54) is 0 Å². The van der Waals surface area contributed by atoms with E-state index in [0.29, 0.717) is 17.2 Å². The predicted octanol–water partition coefficient (Wildman–Crippen LogP) is 5.05. The highest BCUT2D eigenvalue weighted by molar-refractivity contribution is 9.10. The van der Waals surface area contributed by atoms with Crippen molar-refractivity contribution in [3.05, 3.63) is 86.7 Å². The summed E-state index contributed by atoms with van der Waals surface area (Å²) < 4.78 is 0.955. The number of hydrogen-bond acceptors (Lipinski definition) is 4. The smallest absolute Gasteiger partial charge is 0.282 e. The number of phenolic OH excluding ortho intramolecular Hbond substituents is 1. The minimum Gasteiger partial charge on any atom is -0.508 e. The molecule has 4 rings (SSSR count). The molecule has 1 aliphatic rings. The van der Waals surface area contributed by atoms with Crippen molar-refractivity contribution in [2.75, 3.05) is 4.90 Å². The molecule has 1 amide bonds. The fraction of sp³-hybridized carbons (Fsp3) is 0. The third kappa shape index (κ3) is 3.21. The third-order valence-corrected chi connectivity index (χ3v) is 5.24. The average Bonchev–Trinajstić information content (AvgIpc) is 3.26. The lowest BCUT2D eigenvalue weighted by Crippen LogP contribution is -2.32. The lowest BCUT2D eigenvalue weighted by molar-refractivity contribution is -0.113. The molecule has 1 aromatic heterocycles. The van der Waals surface area contributed by atoms with Crippen molar-refractivity contribution < 1.29 is 9.90 Å². The first-order valence-corrected chi connectivity index (χ1v) is 9.52. The van der Waals surface area contributed by atoms with Gasteiger partial charge in [-0.2, -0.15) is 0 Å². The molecule has 0 saturated carbocycles. The van der Waals surface area contributed by atoms with Crippen LogP contribution in [0.15, 0.2) is 81.2 Å². The summed E-state index contributed by atoms with van der Waals surface area (Å²) in [5.74, 6) is 0.523. The first-order chi connectivity index (χ1) is 12.6. The molecule has 2 heterocycles. The lowest BCUT2D eigenvalue weighted by atomic mass is 10.1. The lowest BCUT2D eigenvalue weighted by Gasteiger charge is -2.18. The summed E-state index contributed by atoms with van der Waals surface area (Å²) in [6, 6.07) is 18.1. The molecule has 0 unspecified atom stereocenters. The van der Waals surface area contributed by atoms with E-state index in [0.717, 1.165) is 14.9 Å². The first kappa shape index (κ1) is 16.8. The molecule has 4 nitrogen and oxygen atoms in total. The maximum absolute atomic E-state index is 13.0. The van der Waals surface area contributed by atoms with Gasteiger partial charge in [0, 0.05) is 14.9 Å². The number of aromatic hydroxyl groups is 1. The number of hydrogen-bond donors (Lipinski definition) is 1. The van der Waals surface area contributed by atoms with Crippen molar-refractivity contribution in [1.29, 1.82) is 0 Å². The fourth-order valence-corrected chi connectivity index (χ4v) is 3.57. The van der Waals surface area contributed by atoms with Crippen molar-refractivity contribution in [3.63, 3.8) is 0 Å². The number of anilines is 1. The van der Waals surface area contributed by atoms with Crippen LogP contribution in [0.25, 0.3) is 6.08 Å². The van der Waals surface area contributed by atoms with Gasteiger partial charge in [0.15, 0.2) is 0 Å². The molecule has 0 spiro atoms. The monoisotopic (exact) mass is 424 g/mol. The minimum absolute atomic E-state index is 0.150. The Kier molecular flexibility index (Phi) is 4.44. The molecule has 1 N–H and O–H groups in total. The molecule has 0 radical (unpaired) electrons. The Bertz CT molecular complexity index is 1010. The zero-order valence-electron chi connectivity index (χ0n) is 13.5. The van der Waals surface area contributed by atoms with Crippen molar-refractivity contribution in [1.82, 2.24) is 0 Å². The number of carbonyl (C=O) groups is 1. The molecular formula is C20H13BrN2O2S. The first-order valence-electron chi connectivity index (χ1n) is 7.85. The average molecular weight is 425 g/mol. The summed E-state index contributed by atoms with van der Waals surface area (Å²) in [7, 11) is 0. The van der Waals surface area contributed by atoms with Crippen LogP contribution in [0.3, 0.4) is 0 Å². The molecular weight excluding hydrogens is 412 g/mol. The van der Waals surface area contributed by atoms with E-state index in [1.54, 1.807) is 46.6 Å². The van der Waals surface area contributed by atoms with Gasteiger partial charge in [-0.25, -0.2) is 4.99 Å². The van der Waals surface area contributed by atoms with Crippen molar-refractivity contribution in [2.24, 2.45) is 4.99 Å². The SMILES string of the molecule is O=C1/C(=C\c2cccs2)N=C(c2ccc(Br)cc2)N1c1ccc(O)cc1. The van der Waals surface area contributed by atoms with Gasteiger partial charge in [-0.3, -0.25) is 9.69 Å². The summed E-state index contributed by atoms with van der Waals surface area (Å²) in [4.78, 5) is 20.2. The summed E-state index contributed by atoms with van der Waals surface area (Å²) >= 11 is 4.98. The second-order valence-corrected chi connectivity index (χ2v) is 7.54. The van der Waals surface area contributed by atoms with Gasteiger partial charge in [0.1, 0.15) is 17.3 Å². The molecule has 0 fully saturated rings. The molecule has 0 saturated heterocycles. The second-order valence-electron chi connectivity index (χ2n) is 5.64. The van der Waals surface area contributed by atoms with Crippen molar-refractivity contribution in [2.45, 2.75) is 0 Å². The van der Waals surface area contributed by atoms with E-state index in [4.69, 9.17) is 0 Å². The van der Waals surface area contributed by atoms with Gasteiger partial charge in [0.2, 0.25) is 0 Å². The Hall–Kier alpha value is -2.70. The number of rotatable bonds is 3. The fourth-order valence-electron chi connectivity index (χ4n) is 2.66. The van der Waals surface area contributed by atoms with E-state index >= 15 is 0 Å². The molecule has 128 valence electrons. The van der Waals surface area contributed by atoms with E-state index in [1.807, 2.05) is 41.8 Å². The number of carbonyl (C=O) groups excluding carboxylic acids is 1. The zero-order valence-corrected chi connectivity index (χ0v) is 15.9. The maximum atomic E-state index is 13.0. The van der Waals surface area contributed by atoms with Crippen LogP contribution >= 0.6 is 27.3 Å². The van der Waals surface area contributed by atoms with Crippen LogP contribution in [0, 0.1) is 0 Å². The highest BCUT2D eigenvalue weighted by Crippen LogP contribution is 2.29. The van der Waals surface area contributed by atoms with Crippen LogP contribution in [0.1, 0.15) is 10.4 Å². The maximum Gasteiger partial charge on any atom is 0.282 e. The quantitative estimate of drug-likeness (QED) is 0.597. The number of phenols is 1. The second kappa shape index (κ2) is 6.90. The van der Waals surface area contributed by atoms with E-state index in [9.17, 15) is 9.90 Å². The van der Waals surface area contributed by atoms with E-state index in [2.05, 4.69) is 20.9 Å². The molecule has 6 heteroatoms. The van der Waals surface area contributed by atoms with Crippen LogP contribution in [0.5, 0.6) is 5.75 Å². The van der Waals surface area contributed by atoms with Crippen molar-refractivity contribution >= 4 is 50.8 Å². The third-order valence-electron chi connectivity index (χ3n) is 3.89. The zero-order chi connectivity index (χ0) is 18.1. The molecule has 1 aliphatic heterocycles.